The van der Waals surface area contributed by atoms with Gasteiger partial charge in [0.25, 0.3) is 0 Å². The summed E-state index contributed by atoms with van der Waals surface area (Å²) in [4.78, 5) is 9.71. The third kappa shape index (κ3) is 32.1. The molecule has 0 aromatic carbocycles. The number of phosphoric ester groups is 1. The Morgan fingerprint density at radius 3 is 1.00 bits per heavy atom. The fourth-order valence-electron chi connectivity index (χ4n) is 3.58. The molecule has 0 aliphatic rings. The van der Waals surface area contributed by atoms with Crippen molar-refractivity contribution in [3.63, 3.8) is 0 Å². The average molecular weight is 483 g/mol. The molecule has 180 valence electrons. The zero-order chi connectivity index (χ0) is 21.5. The summed E-state index contributed by atoms with van der Waals surface area (Å²) in [5.74, 6) is 0. The van der Waals surface area contributed by atoms with Crippen LogP contribution in [0.1, 0.15) is 145 Å². The first-order valence-corrected chi connectivity index (χ1v) is 14.2. The summed E-state index contributed by atoms with van der Waals surface area (Å²) in [6, 6.07) is 0. The van der Waals surface area contributed by atoms with Crippen LogP contribution in [0, 0.1) is 0 Å². The van der Waals surface area contributed by atoms with Gasteiger partial charge in [-0.15, -0.1) is 0 Å². The Hall–Kier alpha value is 2.11. The number of hydrogen-bond acceptors (Lipinski definition) is 3. The zero-order valence-electron chi connectivity index (χ0n) is 23.7. The molecule has 0 amide bonds. The Morgan fingerprint density at radius 2 is 0.742 bits per heavy atom. The molecule has 0 atom stereocenters. The molecule has 0 saturated carbocycles. The van der Waals surface area contributed by atoms with Gasteiger partial charge in [0.2, 0.25) is 0 Å². The first-order chi connectivity index (χ1) is 14.1. The van der Waals surface area contributed by atoms with Crippen molar-refractivity contribution < 1.29 is 80.5 Å². The summed E-state index contributed by atoms with van der Waals surface area (Å²) >= 11 is 0. The van der Waals surface area contributed by atoms with Crippen molar-refractivity contribution >= 4 is 7.82 Å². The minimum Gasteiger partial charge on any atom is -1.00 e. The minimum atomic E-state index is -3.85. The molecule has 4 nitrogen and oxygen atoms in total. The van der Waals surface area contributed by atoms with E-state index >= 15 is 0 Å². The van der Waals surface area contributed by atoms with E-state index in [9.17, 15) is 9.46 Å². The van der Waals surface area contributed by atoms with E-state index < -0.39 is 7.82 Å². The molecule has 0 heterocycles. The third-order valence-corrected chi connectivity index (χ3v) is 6.52. The fourth-order valence-corrected chi connectivity index (χ4v) is 4.37. The standard InChI is InChI=1S/C24H51O4P.2Na.2H/c1-3-5-7-9-11-13-15-17-19-21-23-27-29(25,26)28-24-22-20-18-16-14-12-10-8-6-4-2;;;;/h3-24H2,1-2H3,(H,25,26);;;;/q;2*+1;2*-1. The molecule has 7 heteroatoms. The SMILES string of the molecule is CCCCCCCCCCCCOP(=O)(O)OCCCCCCCCCCCC.[H-].[H-].[Na+].[Na+]. The van der Waals surface area contributed by atoms with Crippen LogP contribution in [0.15, 0.2) is 0 Å². The number of hydrogen-bond donors (Lipinski definition) is 1. The van der Waals surface area contributed by atoms with Crippen LogP contribution in [0.5, 0.6) is 0 Å². The summed E-state index contributed by atoms with van der Waals surface area (Å²) in [5.41, 5.74) is 0. The van der Waals surface area contributed by atoms with Gasteiger partial charge in [0.1, 0.15) is 0 Å². The molecule has 31 heavy (non-hydrogen) atoms. The Morgan fingerprint density at radius 1 is 0.516 bits per heavy atom. The van der Waals surface area contributed by atoms with Gasteiger partial charge in [-0.1, -0.05) is 129 Å². The number of unbranched alkanes of at least 4 members (excludes halogenated alkanes) is 18. The maximum Gasteiger partial charge on any atom is 1.00 e. The number of phosphoric acid groups is 1. The minimum absolute atomic E-state index is 0. The van der Waals surface area contributed by atoms with Gasteiger partial charge in [-0.3, -0.25) is 9.05 Å². The predicted octanol–water partition coefficient (Wildman–Crippen LogP) is 3.19. The van der Waals surface area contributed by atoms with Crippen LogP contribution < -0.4 is 59.1 Å². The van der Waals surface area contributed by atoms with Crippen molar-refractivity contribution in [2.45, 2.75) is 142 Å². The van der Waals surface area contributed by atoms with E-state index in [-0.39, 0.29) is 62.0 Å². The van der Waals surface area contributed by atoms with Crippen LogP contribution >= 0.6 is 7.82 Å². The molecule has 0 saturated heterocycles. The van der Waals surface area contributed by atoms with E-state index in [0.717, 1.165) is 25.7 Å². The van der Waals surface area contributed by atoms with E-state index in [4.69, 9.17) is 9.05 Å². The normalized spacial score (nSPS) is 11.2. The summed E-state index contributed by atoms with van der Waals surface area (Å²) in [7, 11) is -3.85. The van der Waals surface area contributed by atoms with Crippen molar-refractivity contribution in [3.05, 3.63) is 0 Å². The maximum atomic E-state index is 11.8. The quantitative estimate of drug-likeness (QED) is 0.130. The van der Waals surface area contributed by atoms with E-state index in [2.05, 4.69) is 13.8 Å². The third-order valence-electron chi connectivity index (χ3n) is 5.50. The predicted molar refractivity (Wildman–Crippen MR) is 128 cm³/mol. The second kappa shape index (κ2) is 30.1. The average Bonchev–Trinajstić information content (AvgIpc) is 2.70. The Balaban J connectivity index is -0.000000653. The Labute approximate surface area is 242 Å². The molecule has 1 N–H and O–H groups in total. The van der Waals surface area contributed by atoms with Crippen molar-refractivity contribution in [2.75, 3.05) is 13.2 Å². The first-order valence-electron chi connectivity index (χ1n) is 12.7. The molecule has 0 aliphatic carbocycles. The molecule has 0 aromatic heterocycles. The van der Waals surface area contributed by atoms with Crippen LogP contribution in [0.2, 0.25) is 0 Å². The summed E-state index contributed by atoms with van der Waals surface area (Å²) in [5, 5.41) is 0. The van der Waals surface area contributed by atoms with Crippen LogP contribution in [0.4, 0.5) is 0 Å². The zero-order valence-corrected chi connectivity index (χ0v) is 26.6. The van der Waals surface area contributed by atoms with Crippen molar-refractivity contribution in [1.82, 2.24) is 0 Å². The second-order valence-electron chi connectivity index (χ2n) is 8.50. The Kier molecular flexibility index (Phi) is 36.6. The molecule has 0 fully saturated rings. The van der Waals surface area contributed by atoms with Crippen molar-refractivity contribution in [2.24, 2.45) is 0 Å². The maximum absolute atomic E-state index is 11.8. The van der Waals surface area contributed by atoms with Gasteiger partial charge >= 0.3 is 66.9 Å². The topological polar surface area (TPSA) is 55.8 Å². The molecule has 0 spiro atoms. The largest absolute Gasteiger partial charge is 1.00 e. The fraction of sp³-hybridized carbons (Fsp3) is 1.00. The first kappa shape index (κ1) is 37.7. The van der Waals surface area contributed by atoms with E-state index in [1.165, 1.54) is 103 Å². The Bertz CT molecular complexity index is 354. The molecule has 0 radical (unpaired) electrons. The van der Waals surface area contributed by atoms with Gasteiger partial charge in [-0.2, -0.15) is 0 Å². The second-order valence-corrected chi connectivity index (χ2v) is 9.95. The van der Waals surface area contributed by atoms with Crippen molar-refractivity contribution in [1.29, 1.82) is 0 Å². The molecule has 0 rings (SSSR count). The monoisotopic (exact) mass is 482 g/mol. The van der Waals surface area contributed by atoms with Gasteiger partial charge < -0.3 is 7.75 Å². The van der Waals surface area contributed by atoms with Crippen molar-refractivity contribution in [3.8, 4) is 0 Å². The molecule has 0 aliphatic heterocycles. The van der Waals surface area contributed by atoms with Gasteiger partial charge in [0.05, 0.1) is 13.2 Å². The summed E-state index contributed by atoms with van der Waals surface area (Å²) in [6.45, 7) is 5.14. The molecule has 0 aromatic rings. The van der Waals surface area contributed by atoms with E-state index in [1.54, 1.807) is 0 Å². The molecular weight excluding hydrogens is 429 g/mol. The van der Waals surface area contributed by atoms with Gasteiger partial charge in [-0.25, -0.2) is 4.57 Å². The van der Waals surface area contributed by atoms with Gasteiger partial charge in [-0.05, 0) is 12.8 Å². The summed E-state index contributed by atoms with van der Waals surface area (Å²) in [6.07, 6.45) is 24.8. The number of rotatable bonds is 24. The van der Waals surface area contributed by atoms with E-state index in [1.807, 2.05) is 0 Å². The van der Waals surface area contributed by atoms with E-state index in [0.29, 0.717) is 13.2 Å². The van der Waals surface area contributed by atoms with Gasteiger partial charge in [0.15, 0.2) is 0 Å². The van der Waals surface area contributed by atoms with Gasteiger partial charge in [0, 0.05) is 0 Å². The van der Waals surface area contributed by atoms with Crippen LogP contribution in [-0.2, 0) is 13.6 Å². The smallest absolute Gasteiger partial charge is 1.00 e. The molecular formula is C24H53Na2O4P. The van der Waals surface area contributed by atoms with Crippen LogP contribution in [0.3, 0.4) is 0 Å². The van der Waals surface area contributed by atoms with Crippen LogP contribution in [0.25, 0.3) is 0 Å². The molecule has 0 unspecified atom stereocenters. The van der Waals surface area contributed by atoms with Crippen LogP contribution in [-0.4, -0.2) is 18.1 Å². The summed E-state index contributed by atoms with van der Waals surface area (Å²) < 4.78 is 22.0. The molecule has 0 bridgehead atoms.